The highest BCUT2D eigenvalue weighted by atomic mass is 31.2. The second-order valence-electron chi connectivity index (χ2n) is 13.0. The summed E-state index contributed by atoms with van der Waals surface area (Å²) in [5, 5.41) is 0. The molecule has 0 saturated heterocycles. The molecule has 44 heavy (non-hydrogen) atoms. The van der Waals surface area contributed by atoms with Crippen molar-refractivity contribution in [3.8, 4) is 0 Å². The summed E-state index contributed by atoms with van der Waals surface area (Å²) < 4.78 is 22.2. The average Bonchev–Trinajstić information content (AvgIpc) is 2.98. The fourth-order valence-electron chi connectivity index (χ4n) is 5.57. The van der Waals surface area contributed by atoms with Crippen LogP contribution in [0.15, 0.2) is 0 Å². The molecule has 0 amide bonds. The van der Waals surface area contributed by atoms with Crippen molar-refractivity contribution < 1.29 is 33.4 Å². The molecule has 1 atom stereocenters. The zero-order valence-electron chi connectivity index (χ0n) is 28.9. The Kier molecular flexibility index (Phi) is 31.4. The van der Waals surface area contributed by atoms with Crippen molar-refractivity contribution in [3.05, 3.63) is 0 Å². The van der Waals surface area contributed by atoms with Crippen molar-refractivity contribution in [1.29, 1.82) is 0 Å². The molecule has 0 aromatic rings. The quantitative estimate of drug-likeness (QED) is 0.0406. The van der Waals surface area contributed by atoms with E-state index in [1.807, 2.05) is 0 Å². The third-order valence-electron chi connectivity index (χ3n) is 8.44. The van der Waals surface area contributed by atoms with E-state index in [-0.39, 0.29) is 25.4 Å². The number of rotatable bonds is 34. The van der Waals surface area contributed by atoms with Crippen molar-refractivity contribution in [2.45, 2.75) is 206 Å². The first-order chi connectivity index (χ1) is 21.3. The molecule has 0 aromatic heterocycles. The Morgan fingerprint density at radius 2 is 0.841 bits per heavy atom. The smallest absolute Gasteiger partial charge is 0.325 e. The van der Waals surface area contributed by atoms with Gasteiger partial charge in [0.1, 0.15) is 12.7 Å². The number of unbranched alkanes of at least 4 members (excludes halogenated alkanes) is 24. The topological polar surface area (TPSA) is 110 Å². The van der Waals surface area contributed by atoms with Crippen LogP contribution in [0.1, 0.15) is 200 Å². The summed E-state index contributed by atoms with van der Waals surface area (Å²) in [6.45, 7) is 4.34. The van der Waals surface area contributed by atoms with Crippen molar-refractivity contribution in [2.75, 3.05) is 12.8 Å². The first-order valence-corrected chi connectivity index (χ1v) is 20.5. The van der Waals surface area contributed by atoms with Crippen molar-refractivity contribution in [3.63, 3.8) is 0 Å². The summed E-state index contributed by atoms with van der Waals surface area (Å²) >= 11 is 0. The number of esters is 2. The van der Waals surface area contributed by atoms with Crippen LogP contribution in [0, 0.1) is 0 Å². The Morgan fingerprint density at radius 1 is 0.523 bits per heavy atom. The van der Waals surface area contributed by atoms with E-state index in [1.165, 1.54) is 128 Å². The van der Waals surface area contributed by atoms with Gasteiger partial charge in [0, 0.05) is 12.8 Å². The van der Waals surface area contributed by atoms with Gasteiger partial charge in [0.05, 0.1) is 6.16 Å². The lowest BCUT2D eigenvalue weighted by Gasteiger charge is -2.18. The molecule has 0 aromatic carbocycles. The summed E-state index contributed by atoms with van der Waals surface area (Å²) in [6, 6.07) is 0. The Morgan fingerprint density at radius 3 is 1.18 bits per heavy atom. The zero-order valence-corrected chi connectivity index (χ0v) is 29.8. The highest BCUT2D eigenvalue weighted by molar-refractivity contribution is 7.51. The summed E-state index contributed by atoms with van der Waals surface area (Å²) in [5.41, 5.74) is 0. The number of carbonyl (C=O) groups excluding carboxylic acids is 2. The minimum Gasteiger partial charge on any atom is -0.462 e. The molecule has 0 aliphatic carbocycles. The van der Waals surface area contributed by atoms with Gasteiger partial charge >= 0.3 is 19.5 Å². The number of carbonyl (C=O) groups is 2. The minimum atomic E-state index is -4.24. The lowest BCUT2D eigenvalue weighted by atomic mass is 10.0. The Balaban J connectivity index is 3.94. The molecule has 0 spiro atoms. The van der Waals surface area contributed by atoms with Crippen LogP contribution in [-0.4, -0.2) is 40.6 Å². The van der Waals surface area contributed by atoms with Crippen LogP contribution >= 0.6 is 7.60 Å². The normalized spacial score (nSPS) is 12.4. The van der Waals surface area contributed by atoms with Gasteiger partial charge < -0.3 is 19.3 Å². The van der Waals surface area contributed by atoms with Gasteiger partial charge in [-0.3, -0.25) is 14.2 Å². The van der Waals surface area contributed by atoms with Crippen LogP contribution in [0.3, 0.4) is 0 Å². The highest BCUT2D eigenvalue weighted by Gasteiger charge is 2.22. The molecule has 7 nitrogen and oxygen atoms in total. The fraction of sp³-hybridized carbons (Fsp3) is 0.944. The lowest BCUT2D eigenvalue weighted by Crippen LogP contribution is -2.26. The minimum absolute atomic E-state index is 0.0271. The predicted octanol–water partition coefficient (Wildman–Crippen LogP) is 11.0. The maximum atomic E-state index is 12.4. The molecular weight excluding hydrogens is 575 g/mol. The SMILES string of the molecule is CCCCCCCCCCCCCCCC(=O)OCC(CCP(=O)(O)O)OC(=O)CCCCCCCCCCCCCCC. The molecule has 1 unspecified atom stereocenters. The zero-order chi connectivity index (χ0) is 32.6. The highest BCUT2D eigenvalue weighted by Crippen LogP contribution is 2.35. The van der Waals surface area contributed by atoms with Crippen LogP contribution in [0.5, 0.6) is 0 Å². The fourth-order valence-corrected chi connectivity index (χ4v) is 6.19. The molecule has 262 valence electrons. The third kappa shape index (κ3) is 34.0. The Bertz CT molecular complexity index is 694. The molecule has 0 bridgehead atoms. The third-order valence-corrected chi connectivity index (χ3v) is 9.28. The average molecular weight is 647 g/mol. The van der Waals surface area contributed by atoms with Crippen molar-refractivity contribution in [1.82, 2.24) is 0 Å². The van der Waals surface area contributed by atoms with Gasteiger partial charge in [0.15, 0.2) is 0 Å². The van der Waals surface area contributed by atoms with E-state index >= 15 is 0 Å². The second-order valence-corrected chi connectivity index (χ2v) is 14.7. The van der Waals surface area contributed by atoms with Crippen LogP contribution in [0.2, 0.25) is 0 Å². The molecule has 0 fully saturated rings. The molecule has 0 aliphatic rings. The maximum Gasteiger partial charge on any atom is 0.325 e. The number of hydrogen-bond acceptors (Lipinski definition) is 5. The van der Waals surface area contributed by atoms with Gasteiger partial charge in [-0.05, 0) is 19.3 Å². The molecular formula is C36H71O7P. The lowest BCUT2D eigenvalue weighted by molar-refractivity contribution is -0.159. The molecule has 0 rings (SSSR count). The van der Waals surface area contributed by atoms with Crippen LogP contribution in [0.4, 0.5) is 0 Å². The monoisotopic (exact) mass is 646 g/mol. The van der Waals surface area contributed by atoms with Crippen molar-refractivity contribution in [2.24, 2.45) is 0 Å². The largest absolute Gasteiger partial charge is 0.462 e. The first kappa shape index (κ1) is 43.1. The van der Waals surface area contributed by atoms with Gasteiger partial charge in [-0.1, -0.05) is 168 Å². The van der Waals surface area contributed by atoms with Crippen molar-refractivity contribution >= 4 is 19.5 Å². The molecule has 0 aliphatic heterocycles. The van der Waals surface area contributed by atoms with E-state index in [0.29, 0.717) is 6.42 Å². The Hall–Kier alpha value is -0.910. The van der Waals surface area contributed by atoms with Crippen LogP contribution in [0.25, 0.3) is 0 Å². The summed E-state index contributed by atoms with van der Waals surface area (Å²) in [7, 11) is -4.24. The molecule has 0 heterocycles. The standard InChI is InChI=1S/C36H71O7P/c1-3-5-7-9-11-13-15-17-19-21-23-25-27-29-35(37)42-33-34(31-32-44(39,40)41)43-36(38)30-28-26-24-22-20-18-16-14-12-10-8-6-4-2/h34H,3-33H2,1-2H3,(H2,39,40,41). The molecule has 0 radical (unpaired) electrons. The summed E-state index contributed by atoms with van der Waals surface area (Å²) in [6.07, 6.45) is 31.3. The van der Waals surface area contributed by atoms with Crippen LogP contribution < -0.4 is 0 Å². The number of ether oxygens (including phenoxy) is 2. The summed E-state index contributed by atoms with van der Waals surface area (Å²) in [5.74, 6) is -0.738. The van der Waals surface area contributed by atoms with E-state index in [9.17, 15) is 23.9 Å². The van der Waals surface area contributed by atoms with Gasteiger partial charge in [-0.25, -0.2) is 0 Å². The van der Waals surface area contributed by atoms with E-state index in [1.54, 1.807) is 0 Å². The van der Waals surface area contributed by atoms with E-state index < -0.39 is 25.8 Å². The van der Waals surface area contributed by atoms with E-state index in [4.69, 9.17) is 9.47 Å². The number of hydrogen-bond donors (Lipinski definition) is 2. The van der Waals surface area contributed by atoms with E-state index in [2.05, 4.69) is 13.8 Å². The Labute approximate surface area is 271 Å². The van der Waals surface area contributed by atoms with Crippen LogP contribution in [-0.2, 0) is 23.6 Å². The van der Waals surface area contributed by atoms with Gasteiger partial charge in [-0.15, -0.1) is 0 Å². The maximum absolute atomic E-state index is 12.4. The molecule has 8 heteroatoms. The second kappa shape index (κ2) is 32.0. The molecule has 0 saturated carbocycles. The first-order valence-electron chi connectivity index (χ1n) is 18.7. The van der Waals surface area contributed by atoms with Gasteiger partial charge in [-0.2, -0.15) is 0 Å². The van der Waals surface area contributed by atoms with Gasteiger partial charge in [0.25, 0.3) is 0 Å². The van der Waals surface area contributed by atoms with E-state index in [0.717, 1.165) is 38.5 Å². The molecule has 2 N–H and O–H groups in total. The predicted molar refractivity (Wildman–Crippen MR) is 183 cm³/mol. The summed E-state index contributed by atoms with van der Waals surface area (Å²) in [4.78, 5) is 43.1. The van der Waals surface area contributed by atoms with Gasteiger partial charge in [0.2, 0.25) is 0 Å².